The molecule has 0 N–H and O–H groups in total. The zero-order valence-electron chi connectivity index (χ0n) is 34.9. The van der Waals surface area contributed by atoms with Crippen molar-refractivity contribution in [2.75, 3.05) is 66.5 Å². The fourth-order valence-corrected chi connectivity index (χ4v) is 10.1. The molecule has 4 aliphatic rings. The molecule has 4 saturated heterocycles. The predicted molar refractivity (Wildman–Crippen MR) is 229 cm³/mol. The molecular formula is C48H60N8O2. The zero-order chi connectivity index (χ0) is 40.8. The van der Waals surface area contributed by atoms with Crippen LogP contribution in [0.2, 0.25) is 0 Å². The minimum Gasteiger partial charge on any atom is -0.342 e. The van der Waals surface area contributed by atoms with Crippen molar-refractivity contribution in [1.82, 2.24) is 29.6 Å². The van der Waals surface area contributed by atoms with E-state index in [4.69, 9.17) is 0 Å². The second-order valence-corrected chi connectivity index (χ2v) is 18.0. The number of likely N-dealkylation sites (tertiary alicyclic amines) is 4. The van der Waals surface area contributed by atoms with Crippen LogP contribution in [0.5, 0.6) is 0 Å². The molecule has 2 amide bonds. The number of hydrogen-bond acceptors (Lipinski definition) is 8. The maximum atomic E-state index is 13.1. The van der Waals surface area contributed by atoms with E-state index in [2.05, 4.69) is 93.9 Å². The van der Waals surface area contributed by atoms with Crippen LogP contribution in [0.25, 0.3) is 21.8 Å². The van der Waals surface area contributed by atoms with Gasteiger partial charge < -0.3 is 19.6 Å². The molecule has 0 radical (unpaired) electrons. The summed E-state index contributed by atoms with van der Waals surface area (Å²) in [4.78, 5) is 44.0. The van der Waals surface area contributed by atoms with Crippen LogP contribution in [0.4, 0.5) is 0 Å². The third-order valence-electron chi connectivity index (χ3n) is 13.4. The van der Waals surface area contributed by atoms with E-state index in [1.54, 1.807) is 12.4 Å². The molecule has 4 fully saturated rings. The van der Waals surface area contributed by atoms with Gasteiger partial charge in [-0.2, -0.15) is 10.5 Å². The van der Waals surface area contributed by atoms with Gasteiger partial charge in [-0.05, 0) is 138 Å². The number of aromatic nitrogens is 2. The Morgan fingerprint density at radius 3 is 1.40 bits per heavy atom. The lowest BCUT2D eigenvalue weighted by Crippen LogP contribution is -2.43. The van der Waals surface area contributed by atoms with Crippen LogP contribution in [0, 0.1) is 46.3 Å². The molecule has 8 rings (SSSR count). The Balaban J connectivity index is 0.000000177. The normalized spacial score (nSPS) is 23.8. The van der Waals surface area contributed by atoms with Gasteiger partial charge in [0.1, 0.15) is 12.1 Å². The van der Waals surface area contributed by atoms with Gasteiger partial charge in [0.05, 0.1) is 22.2 Å². The molecule has 4 aliphatic heterocycles. The van der Waals surface area contributed by atoms with E-state index in [0.717, 1.165) is 113 Å². The molecule has 2 unspecified atom stereocenters. The number of nitriles is 2. The molecule has 4 aromatic rings. The maximum absolute atomic E-state index is 13.1. The Labute approximate surface area is 344 Å². The Kier molecular flexibility index (Phi) is 13.4. The topological polar surface area (TPSA) is 120 Å². The average Bonchev–Trinajstić information content (AvgIpc) is 3.24. The summed E-state index contributed by atoms with van der Waals surface area (Å²) in [5.41, 5.74) is 5.21. The minimum absolute atomic E-state index is 0.291. The number of rotatable bonds is 6. The van der Waals surface area contributed by atoms with Crippen LogP contribution in [0.3, 0.4) is 0 Å². The molecule has 0 spiro atoms. The fourth-order valence-electron chi connectivity index (χ4n) is 10.1. The van der Waals surface area contributed by atoms with Gasteiger partial charge in [-0.1, -0.05) is 38.1 Å². The molecule has 2 aromatic heterocycles. The van der Waals surface area contributed by atoms with Crippen LogP contribution >= 0.6 is 0 Å². The second-order valence-electron chi connectivity index (χ2n) is 18.0. The van der Waals surface area contributed by atoms with E-state index in [0.29, 0.717) is 71.3 Å². The van der Waals surface area contributed by atoms with Crippen molar-refractivity contribution in [3.05, 3.63) is 83.2 Å². The smallest absolute Gasteiger partial charge is 0.222 e. The van der Waals surface area contributed by atoms with Gasteiger partial charge in [0.2, 0.25) is 11.8 Å². The average molecular weight is 781 g/mol. The van der Waals surface area contributed by atoms with Crippen molar-refractivity contribution in [2.45, 2.75) is 77.0 Å². The Hall–Kier alpha value is -4.90. The lowest BCUT2D eigenvalue weighted by atomic mass is 9.83. The SMILES string of the molecule is C[C@H]1CC(c2ccc(C#N)c3ncccc23)CN(C(=O)CC2CCN(C)CC2)C1.C[C@H]1CC(c2ccc(C#N)c3ncccc23)CN(C(=O)CC2CCN(C)CC2)C1. The van der Waals surface area contributed by atoms with Crippen molar-refractivity contribution >= 4 is 33.6 Å². The number of carbonyl (C=O) groups is 2. The number of fused-ring (bicyclic) bond motifs is 2. The van der Waals surface area contributed by atoms with E-state index >= 15 is 0 Å². The second kappa shape index (κ2) is 18.8. The molecular weight excluding hydrogens is 721 g/mol. The molecule has 0 saturated carbocycles. The summed E-state index contributed by atoms with van der Waals surface area (Å²) in [7, 11) is 4.32. The van der Waals surface area contributed by atoms with E-state index < -0.39 is 0 Å². The van der Waals surface area contributed by atoms with Crippen LogP contribution in [-0.4, -0.2) is 108 Å². The minimum atomic E-state index is 0.291. The predicted octanol–water partition coefficient (Wildman–Crippen LogP) is 7.58. The highest BCUT2D eigenvalue weighted by molar-refractivity contribution is 5.88. The number of hydrogen-bond donors (Lipinski definition) is 0. The Morgan fingerprint density at radius 2 is 1.02 bits per heavy atom. The molecule has 4 atom stereocenters. The van der Waals surface area contributed by atoms with Crippen molar-refractivity contribution in [3.63, 3.8) is 0 Å². The number of amides is 2. The Morgan fingerprint density at radius 1 is 0.621 bits per heavy atom. The third-order valence-corrected chi connectivity index (χ3v) is 13.4. The molecule has 10 nitrogen and oxygen atoms in total. The van der Waals surface area contributed by atoms with Gasteiger partial charge in [0, 0.05) is 74.0 Å². The maximum Gasteiger partial charge on any atom is 0.222 e. The van der Waals surface area contributed by atoms with E-state index in [1.165, 1.54) is 11.1 Å². The molecule has 58 heavy (non-hydrogen) atoms. The molecule has 10 heteroatoms. The summed E-state index contributed by atoms with van der Waals surface area (Å²) in [5, 5.41) is 20.9. The highest BCUT2D eigenvalue weighted by Crippen LogP contribution is 2.37. The highest BCUT2D eigenvalue weighted by Gasteiger charge is 2.33. The lowest BCUT2D eigenvalue weighted by molar-refractivity contribution is -0.135. The number of carbonyl (C=O) groups excluding carboxylic acids is 2. The first-order chi connectivity index (χ1) is 28.1. The van der Waals surface area contributed by atoms with Gasteiger partial charge in [0.25, 0.3) is 0 Å². The quantitative estimate of drug-likeness (QED) is 0.197. The standard InChI is InChI=1S/2C24H30N4O/c2*1-17-12-20(21-6-5-19(14-25)24-22(21)4-3-9-26-24)16-28(15-17)23(29)13-18-7-10-27(2)11-8-18/h2*3-6,9,17-18,20H,7-8,10-13,15-16H2,1-2H3/t2*17-,20?/m00/s1. The van der Waals surface area contributed by atoms with Crippen molar-refractivity contribution in [2.24, 2.45) is 23.7 Å². The van der Waals surface area contributed by atoms with Crippen LogP contribution in [0.1, 0.15) is 99.3 Å². The third kappa shape index (κ3) is 9.68. The van der Waals surface area contributed by atoms with Gasteiger partial charge in [-0.25, -0.2) is 0 Å². The van der Waals surface area contributed by atoms with Crippen LogP contribution in [-0.2, 0) is 9.59 Å². The summed E-state index contributed by atoms with van der Waals surface area (Å²) in [5.74, 6) is 3.19. The molecule has 0 aliphatic carbocycles. The van der Waals surface area contributed by atoms with E-state index in [9.17, 15) is 20.1 Å². The first-order valence-electron chi connectivity index (χ1n) is 21.6. The molecule has 304 valence electrons. The number of nitrogens with zero attached hydrogens (tertiary/aromatic N) is 8. The first kappa shape index (κ1) is 41.3. The van der Waals surface area contributed by atoms with Gasteiger partial charge in [-0.3, -0.25) is 19.6 Å². The fraction of sp³-hybridized carbons (Fsp3) is 0.542. The zero-order valence-corrected chi connectivity index (χ0v) is 34.9. The Bertz CT molecular complexity index is 2010. The van der Waals surface area contributed by atoms with Gasteiger partial charge in [0.15, 0.2) is 0 Å². The summed E-state index contributed by atoms with van der Waals surface area (Å²) < 4.78 is 0. The molecule has 6 heterocycles. The lowest BCUT2D eigenvalue weighted by Gasteiger charge is -2.38. The molecule has 2 aromatic carbocycles. The summed E-state index contributed by atoms with van der Waals surface area (Å²) >= 11 is 0. The van der Waals surface area contributed by atoms with Crippen LogP contribution in [0.15, 0.2) is 60.9 Å². The summed E-state index contributed by atoms with van der Waals surface area (Å²) in [6, 6.07) is 20.4. The van der Waals surface area contributed by atoms with Crippen molar-refractivity contribution in [1.29, 1.82) is 10.5 Å². The van der Waals surface area contributed by atoms with Gasteiger partial charge in [-0.15, -0.1) is 0 Å². The van der Waals surface area contributed by atoms with E-state index in [1.807, 2.05) is 24.3 Å². The van der Waals surface area contributed by atoms with Crippen molar-refractivity contribution < 1.29 is 9.59 Å². The summed E-state index contributed by atoms with van der Waals surface area (Å²) in [6.07, 6.45) is 11.5. The van der Waals surface area contributed by atoms with Crippen molar-refractivity contribution in [3.8, 4) is 12.1 Å². The number of pyridine rings is 2. The number of piperidine rings is 4. The largest absolute Gasteiger partial charge is 0.342 e. The highest BCUT2D eigenvalue weighted by atomic mass is 16.2. The number of benzene rings is 2. The molecule has 0 bridgehead atoms. The monoisotopic (exact) mass is 780 g/mol. The van der Waals surface area contributed by atoms with Crippen LogP contribution < -0.4 is 0 Å². The first-order valence-corrected chi connectivity index (χ1v) is 21.6. The van der Waals surface area contributed by atoms with Gasteiger partial charge >= 0.3 is 0 Å². The van der Waals surface area contributed by atoms with E-state index in [-0.39, 0.29) is 0 Å². The summed E-state index contributed by atoms with van der Waals surface area (Å²) in [6.45, 7) is 12.1.